The number of rotatable bonds is 7. The number of anilines is 1. The van der Waals surface area contributed by atoms with Gasteiger partial charge in [0.25, 0.3) is 5.91 Å². The van der Waals surface area contributed by atoms with Gasteiger partial charge >= 0.3 is 0 Å². The van der Waals surface area contributed by atoms with Crippen LogP contribution in [0.4, 0.5) is 10.2 Å². The third kappa shape index (κ3) is 6.13. The number of halogens is 2. The van der Waals surface area contributed by atoms with Crippen LogP contribution in [0.5, 0.6) is 5.75 Å². The Morgan fingerprint density at radius 1 is 1.06 bits per heavy atom. The van der Waals surface area contributed by atoms with Gasteiger partial charge in [-0.25, -0.2) is 4.39 Å². The third-order valence-electron chi connectivity index (χ3n) is 5.91. The van der Waals surface area contributed by atoms with E-state index in [2.05, 4.69) is 43.3 Å². The van der Waals surface area contributed by atoms with E-state index in [1.165, 1.54) is 11.6 Å². The maximum absolute atomic E-state index is 14.2. The normalized spacial score (nSPS) is 11.4. The maximum Gasteiger partial charge on any atom is 0.256 e. The van der Waals surface area contributed by atoms with E-state index < -0.39 is 5.82 Å². The number of amides is 1. The molecule has 0 radical (unpaired) electrons. The van der Waals surface area contributed by atoms with Gasteiger partial charge in [0.1, 0.15) is 18.2 Å². The number of aryl methyl sites for hydroxylation is 1. The van der Waals surface area contributed by atoms with E-state index in [-0.39, 0.29) is 17.9 Å². The van der Waals surface area contributed by atoms with Gasteiger partial charge in [0, 0.05) is 27.9 Å². The monoisotopic (exact) mass is 505 g/mol. The van der Waals surface area contributed by atoms with Crippen molar-refractivity contribution in [2.45, 2.75) is 46.3 Å². The van der Waals surface area contributed by atoms with Crippen LogP contribution >= 0.6 is 11.6 Å². The minimum atomic E-state index is -0.396. The summed E-state index contributed by atoms with van der Waals surface area (Å²) < 4.78 is 21.7. The Hall–Kier alpha value is -3.64. The van der Waals surface area contributed by atoms with Crippen LogP contribution in [0.2, 0.25) is 5.02 Å². The van der Waals surface area contributed by atoms with Crippen LogP contribution < -0.4 is 10.1 Å². The van der Waals surface area contributed by atoms with Gasteiger partial charge in [0.15, 0.2) is 5.82 Å². The number of benzene rings is 3. The van der Waals surface area contributed by atoms with Crippen LogP contribution in [0.25, 0.3) is 0 Å². The molecule has 1 N–H and O–H groups in total. The quantitative estimate of drug-likeness (QED) is 0.290. The lowest BCUT2D eigenvalue weighted by Gasteiger charge is -2.19. The van der Waals surface area contributed by atoms with Crippen molar-refractivity contribution in [1.82, 2.24) is 9.78 Å². The van der Waals surface area contributed by atoms with E-state index in [9.17, 15) is 9.18 Å². The van der Waals surface area contributed by atoms with Crippen molar-refractivity contribution in [3.63, 3.8) is 0 Å². The molecule has 3 aromatic carbocycles. The number of hydrogen-bond acceptors (Lipinski definition) is 3. The Bertz CT molecular complexity index is 1350. The zero-order valence-corrected chi connectivity index (χ0v) is 21.6. The molecule has 0 unspecified atom stereocenters. The van der Waals surface area contributed by atoms with Crippen LogP contribution in [-0.2, 0) is 18.6 Å². The smallest absolute Gasteiger partial charge is 0.256 e. The largest absolute Gasteiger partial charge is 0.489 e. The van der Waals surface area contributed by atoms with E-state index in [0.717, 1.165) is 17.0 Å². The average molecular weight is 506 g/mol. The average Bonchev–Trinajstić information content (AvgIpc) is 3.18. The highest BCUT2D eigenvalue weighted by Gasteiger charge is 2.15. The molecule has 186 valence electrons. The molecule has 0 aliphatic carbocycles. The van der Waals surface area contributed by atoms with Crippen molar-refractivity contribution in [2.75, 3.05) is 5.32 Å². The van der Waals surface area contributed by atoms with E-state index >= 15 is 0 Å². The van der Waals surface area contributed by atoms with Crippen LogP contribution in [0.3, 0.4) is 0 Å². The second kappa shape index (κ2) is 10.5. The molecule has 0 aliphatic rings. The molecule has 1 heterocycles. The molecule has 0 saturated heterocycles. The summed E-state index contributed by atoms with van der Waals surface area (Å²) in [5.74, 6) is 0.464. The number of hydrogen-bond donors (Lipinski definition) is 1. The lowest BCUT2D eigenvalue weighted by atomic mass is 9.87. The molecular formula is C29H29ClFN3O2. The number of nitrogens with zero attached hydrogens (tertiary/aromatic N) is 2. The fraction of sp³-hybridized carbons (Fsp3) is 0.241. The fourth-order valence-electron chi connectivity index (χ4n) is 3.77. The lowest BCUT2D eigenvalue weighted by Crippen LogP contribution is -2.13. The highest BCUT2D eigenvalue weighted by atomic mass is 35.5. The van der Waals surface area contributed by atoms with E-state index in [4.69, 9.17) is 16.3 Å². The predicted octanol–water partition coefficient (Wildman–Crippen LogP) is 7.16. The van der Waals surface area contributed by atoms with Crippen molar-refractivity contribution in [3.8, 4) is 5.75 Å². The summed E-state index contributed by atoms with van der Waals surface area (Å²) in [6, 6.07) is 21.6. The molecule has 0 saturated carbocycles. The molecular weight excluding hydrogens is 477 g/mol. The Balaban J connectivity index is 1.40. The number of carbonyl (C=O) groups excluding carboxylic acids is 1. The van der Waals surface area contributed by atoms with Gasteiger partial charge in [-0.1, -0.05) is 62.7 Å². The highest BCUT2D eigenvalue weighted by molar-refractivity contribution is 6.31. The van der Waals surface area contributed by atoms with Crippen LogP contribution in [0, 0.1) is 12.7 Å². The molecule has 1 amide bonds. The van der Waals surface area contributed by atoms with Crippen LogP contribution in [-0.4, -0.2) is 15.7 Å². The summed E-state index contributed by atoms with van der Waals surface area (Å²) in [6.07, 6.45) is 0. The molecule has 4 rings (SSSR count). The van der Waals surface area contributed by atoms with Gasteiger partial charge < -0.3 is 10.1 Å². The molecule has 0 bridgehead atoms. The molecule has 5 nitrogen and oxygen atoms in total. The van der Waals surface area contributed by atoms with Crippen LogP contribution in [0.1, 0.15) is 53.5 Å². The first kappa shape index (κ1) is 25.5. The second-order valence-corrected chi connectivity index (χ2v) is 10.2. The van der Waals surface area contributed by atoms with Gasteiger partial charge in [0.05, 0.1) is 6.54 Å². The second-order valence-electron chi connectivity index (χ2n) is 9.75. The Morgan fingerprint density at radius 2 is 1.78 bits per heavy atom. The summed E-state index contributed by atoms with van der Waals surface area (Å²) >= 11 is 6.15. The Labute approximate surface area is 215 Å². The van der Waals surface area contributed by atoms with Crippen molar-refractivity contribution in [1.29, 1.82) is 0 Å². The van der Waals surface area contributed by atoms with Crippen LogP contribution in [0.15, 0.2) is 72.8 Å². The number of ether oxygens (including phenoxy) is 1. The molecule has 0 aliphatic heterocycles. The zero-order chi connectivity index (χ0) is 25.9. The van der Waals surface area contributed by atoms with Gasteiger partial charge in [-0.2, -0.15) is 5.10 Å². The zero-order valence-electron chi connectivity index (χ0n) is 20.8. The third-order valence-corrected chi connectivity index (χ3v) is 6.26. The standard InChI is InChI=1S/C29H29ClFN3O2/c1-19-15-27(33-34(19)17-24-25(30)9-6-10-26(24)31)32-28(35)21-8-5-7-20(16-21)18-36-23-13-11-22(12-14-23)29(2,3)4/h5-16H,17-18H2,1-4H3,(H,32,33,35). The van der Waals surface area contributed by atoms with Crippen molar-refractivity contribution in [3.05, 3.63) is 112 Å². The minimum absolute atomic E-state index is 0.0827. The predicted molar refractivity (Wildman–Crippen MR) is 141 cm³/mol. The molecule has 4 aromatic rings. The van der Waals surface area contributed by atoms with Crippen molar-refractivity contribution in [2.24, 2.45) is 0 Å². The summed E-state index contributed by atoms with van der Waals surface area (Å²) in [5, 5.41) is 7.56. The van der Waals surface area contributed by atoms with Crippen molar-refractivity contribution >= 4 is 23.3 Å². The van der Waals surface area contributed by atoms with Gasteiger partial charge in [-0.15, -0.1) is 0 Å². The Kier molecular flexibility index (Phi) is 7.45. The first-order valence-corrected chi connectivity index (χ1v) is 12.1. The van der Waals surface area contributed by atoms with Crippen molar-refractivity contribution < 1.29 is 13.9 Å². The fourth-order valence-corrected chi connectivity index (χ4v) is 4.00. The number of carbonyl (C=O) groups is 1. The topological polar surface area (TPSA) is 56.1 Å². The van der Waals surface area contributed by atoms with E-state index in [1.807, 2.05) is 31.2 Å². The van der Waals surface area contributed by atoms with Gasteiger partial charge in [-0.05, 0) is 59.9 Å². The first-order chi connectivity index (χ1) is 17.1. The lowest BCUT2D eigenvalue weighted by molar-refractivity contribution is 0.102. The summed E-state index contributed by atoms with van der Waals surface area (Å²) in [5.41, 5.74) is 3.80. The van der Waals surface area contributed by atoms with E-state index in [1.54, 1.807) is 35.0 Å². The first-order valence-electron chi connectivity index (χ1n) is 11.7. The molecule has 0 fully saturated rings. The molecule has 0 spiro atoms. The molecule has 7 heteroatoms. The minimum Gasteiger partial charge on any atom is -0.489 e. The summed E-state index contributed by atoms with van der Waals surface area (Å²) in [6.45, 7) is 8.85. The summed E-state index contributed by atoms with van der Waals surface area (Å²) in [4.78, 5) is 12.9. The summed E-state index contributed by atoms with van der Waals surface area (Å²) in [7, 11) is 0. The molecule has 36 heavy (non-hydrogen) atoms. The van der Waals surface area contributed by atoms with Gasteiger partial charge in [0.2, 0.25) is 0 Å². The molecule has 0 atom stereocenters. The maximum atomic E-state index is 14.2. The number of aromatic nitrogens is 2. The Morgan fingerprint density at radius 3 is 2.47 bits per heavy atom. The SMILES string of the molecule is Cc1cc(NC(=O)c2cccc(COc3ccc(C(C)(C)C)cc3)c2)nn1Cc1c(F)cccc1Cl. The highest BCUT2D eigenvalue weighted by Crippen LogP contribution is 2.25. The van der Waals surface area contributed by atoms with Gasteiger partial charge in [-0.3, -0.25) is 9.48 Å². The van der Waals surface area contributed by atoms with E-state index in [0.29, 0.717) is 28.6 Å². The molecule has 1 aromatic heterocycles. The number of nitrogens with one attached hydrogen (secondary N) is 1.